The molecular weight excluding hydrogens is 477 g/mol. The molecular formula is C22H32IN5O. The van der Waals surface area contributed by atoms with Gasteiger partial charge in [0.2, 0.25) is 0 Å². The molecule has 1 atom stereocenters. The van der Waals surface area contributed by atoms with Gasteiger partial charge in [0.1, 0.15) is 5.82 Å². The van der Waals surface area contributed by atoms with Gasteiger partial charge in [-0.15, -0.1) is 24.0 Å². The minimum Gasteiger partial charge on any atom is -0.381 e. The van der Waals surface area contributed by atoms with Crippen LogP contribution in [0.5, 0.6) is 0 Å². The Hall–Kier alpha value is -1.61. The zero-order valence-corrected chi connectivity index (χ0v) is 19.8. The van der Waals surface area contributed by atoms with Crippen LogP contribution in [0.15, 0.2) is 41.7 Å². The highest BCUT2D eigenvalue weighted by atomic mass is 127. The molecule has 0 amide bonds. The zero-order chi connectivity index (χ0) is 19.4. The normalized spacial score (nSPS) is 21.6. The molecule has 29 heavy (non-hydrogen) atoms. The van der Waals surface area contributed by atoms with Crippen LogP contribution in [0.2, 0.25) is 0 Å². The van der Waals surface area contributed by atoms with Crippen LogP contribution in [0.3, 0.4) is 0 Å². The van der Waals surface area contributed by atoms with Gasteiger partial charge in [0.15, 0.2) is 5.96 Å². The van der Waals surface area contributed by atoms with Crippen molar-refractivity contribution in [3.63, 3.8) is 0 Å². The maximum Gasteiger partial charge on any atom is 0.194 e. The zero-order valence-electron chi connectivity index (χ0n) is 17.4. The van der Waals surface area contributed by atoms with Crippen molar-refractivity contribution in [3.8, 4) is 0 Å². The van der Waals surface area contributed by atoms with E-state index in [1.165, 1.54) is 24.0 Å². The first-order valence-electron chi connectivity index (χ1n) is 10.3. The third kappa shape index (κ3) is 5.31. The van der Waals surface area contributed by atoms with Crippen molar-refractivity contribution in [1.29, 1.82) is 0 Å². The topological polar surface area (TPSA) is 54.7 Å². The van der Waals surface area contributed by atoms with E-state index in [1.807, 2.05) is 19.3 Å². The summed E-state index contributed by atoms with van der Waals surface area (Å²) in [5.74, 6) is 2.07. The molecule has 7 heteroatoms. The van der Waals surface area contributed by atoms with E-state index < -0.39 is 0 Å². The lowest BCUT2D eigenvalue weighted by molar-refractivity contribution is 0.156. The second kappa shape index (κ2) is 9.93. The number of hydrogen-bond acceptors (Lipinski definition) is 3. The number of aliphatic imine (C=N–C) groups is 1. The second-order valence-electron chi connectivity index (χ2n) is 8.07. The first kappa shape index (κ1) is 22.1. The third-order valence-electron chi connectivity index (χ3n) is 5.94. The van der Waals surface area contributed by atoms with E-state index in [0.29, 0.717) is 12.0 Å². The van der Waals surface area contributed by atoms with Crippen molar-refractivity contribution in [1.82, 2.24) is 19.8 Å². The molecule has 2 saturated heterocycles. The highest BCUT2D eigenvalue weighted by Crippen LogP contribution is 2.38. The van der Waals surface area contributed by atoms with Gasteiger partial charge in [-0.25, -0.2) is 9.98 Å². The molecule has 1 aromatic heterocycles. The summed E-state index contributed by atoms with van der Waals surface area (Å²) in [6.07, 6.45) is 6.26. The average molecular weight is 509 g/mol. The van der Waals surface area contributed by atoms with Crippen molar-refractivity contribution in [2.24, 2.45) is 10.4 Å². The van der Waals surface area contributed by atoms with Gasteiger partial charge in [-0.2, -0.15) is 0 Å². The highest BCUT2D eigenvalue weighted by molar-refractivity contribution is 14.0. The fourth-order valence-corrected chi connectivity index (χ4v) is 4.27. The van der Waals surface area contributed by atoms with Gasteiger partial charge >= 0.3 is 0 Å². The summed E-state index contributed by atoms with van der Waals surface area (Å²) in [6.45, 7) is 10.5. The monoisotopic (exact) mass is 509 g/mol. The number of rotatable bonds is 5. The van der Waals surface area contributed by atoms with Crippen molar-refractivity contribution in [2.75, 3.05) is 32.8 Å². The summed E-state index contributed by atoms with van der Waals surface area (Å²) < 4.78 is 7.84. The van der Waals surface area contributed by atoms with Crippen LogP contribution in [0, 0.1) is 12.3 Å². The molecule has 1 spiro atoms. The molecule has 1 unspecified atom stereocenters. The summed E-state index contributed by atoms with van der Waals surface area (Å²) in [5, 5.41) is 3.48. The lowest BCUT2D eigenvalue weighted by Gasteiger charge is -2.25. The molecule has 158 valence electrons. The molecule has 0 bridgehead atoms. The summed E-state index contributed by atoms with van der Waals surface area (Å²) in [6, 6.07) is 8.71. The lowest BCUT2D eigenvalue weighted by atomic mass is 9.87. The Kier molecular flexibility index (Phi) is 7.56. The quantitative estimate of drug-likeness (QED) is 0.381. The van der Waals surface area contributed by atoms with Crippen LogP contribution in [0.25, 0.3) is 0 Å². The Morgan fingerprint density at radius 2 is 2.17 bits per heavy atom. The number of likely N-dealkylation sites (tertiary alicyclic amines) is 1. The summed E-state index contributed by atoms with van der Waals surface area (Å²) in [5.41, 5.74) is 2.87. The molecule has 2 aromatic rings. The fourth-order valence-electron chi connectivity index (χ4n) is 4.27. The Bertz CT molecular complexity index is 828. The van der Waals surface area contributed by atoms with Gasteiger partial charge in [0.25, 0.3) is 0 Å². The lowest BCUT2D eigenvalue weighted by Crippen LogP contribution is -2.41. The predicted molar refractivity (Wildman–Crippen MR) is 127 cm³/mol. The summed E-state index contributed by atoms with van der Waals surface area (Å²) >= 11 is 0. The molecule has 2 aliphatic heterocycles. The smallest absolute Gasteiger partial charge is 0.194 e. The van der Waals surface area contributed by atoms with Crippen molar-refractivity contribution < 1.29 is 4.74 Å². The van der Waals surface area contributed by atoms with E-state index in [1.54, 1.807) is 0 Å². The maximum absolute atomic E-state index is 5.67. The van der Waals surface area contributed by atoms with E-state index in [-0.39, 0.29) is 24.0 Å². The van der Waals surface area contributed by atoms with E-state index in [4.69, 9.17) is 9.73 Å². The highest BCUT2D eigenvalue weighted by Gasteiger charge is 2.42. The molecule has 0 saturated carbocycles. The van der Waals surface area contributed by atoms with Gasteiger partial charge in [0, 0.05) is 50.6 Å². The number of aryl methyl sites for hydroxylation is 1. The van der Waals surface area contributed by atoms with Crippen LogP contribution in [-0.2, 0) is 17.8 Å². The SMILES string of the molecule is CCNC(=NCc1cccc(Cn2ccnc2C)c1)N1CCC2(CCOC2)C1.I. The van der Waals surface area contributed by atoms with Crippen LogP contribution in [-0.4, -0.2) is 53.3 Å². The molecule has 1 aromatic carbocycles. The number of benzene rings is 1. The Balaban J connectivity index is 0.00000240. The van der Waals surface area contributed by atoms with E-state index in [2.05, 4.69) is 51.0 Å². The average Bonchev–Trinajstić information content (AvgIpc) is 3.43. The minimum atomic E-state index is 0. The predicted octanol–water partition coefficient (Wildman–Crippen LogP) is 3.44. The number of hydrogen-bond donors (Lipinski definition) is 1. The minimum absolute atomic E-state index is 0. The first-order chi connectivity index (χ1) is 13.7. The summed E-state index contributed by atoms with van der Waals surface area (Å²) in [4.78, 5) is 11.7. The molecule has 4 rings (SSSR count). The van der Waals surface area contributed by atoms with Gasteiger partial charge in [0.05, 0.1) is 13.2 Å². The van der Waals surface area contributed by atoms with Gasteiger partial charge in [-0.05, 0) is 37.8 Å². The van der Waals surface area contributed by atoms with Crippen LogP contribution in [0.1, 0.15) is 36.7 Å². The number of halogens is 1. The number of guanidine groups is 1. The number of nitrogens with one attached hydrogen (secondary N) is 1. The van der Waals surface area contributed by atoms with Crippen molar-refractivity contribution in [3.05, 3.63) is 53.6 Å². The Morgan fingerprint density at radius 3 is 2.90 bits per heavy atom. The molecule has 6 nitrogen and oxygen atoms in total. The number of nitrogens with zero attached hydrogens (tertiary/aromatic N) is 4. The Labute approximate surface area is 190 Å². The molecule has 0 radical (unpaired) electrons. The maximum atomic E-state index is 5.67. The van der Waals surface area contributed by atoms with Crippen molar-refractivity contribution in [2.45, 2.75) is 39.8 Å². The molecule has 2 fully saturated rings. The standard InChI is InChI=1S/C22H31N5O.HI/c1-3-23-21(27-10-7-22(16-27)8-12-28-17-22)25-14-19-5-4-6-20(13-19)15-26-11-9-24-18(26)2;/h4-6,9,11,13H,3,7-8,10,12,14-17H2,1-2H3,(H,23,25);1H. The number of aromatic nitrogens is 2. The van der Waals surface area contributed by atoms with E-state index in [0.717, 1.165) is 51.2 Å². The molecule has 0 aliphatic carbocycles. The van der Waals surface area contributed by atoms with Gasteiger partial charge in [-0.3, -0.25) is 0 Å². The second-order valence-corrected chi connectivity index (χ2v) is 8.07. The Morgan fingerprint density at radius 1 is 1.31 bits per heavy atom. The van der Waals surface area contributed by atoms with Gasteiger partial charge in [-0.1, -0.05) is 24.3 Å². The van der Waals surface area contributed by atoms with Crippen LogP contribution >= 0.6 is 24.0 Å². The third-order valence-corrected chi connectivity index (χ3v) is 5.94. The van der Waals surface area contributed by atoms with E-state index in [9.17, 15) is 0 Å². The van der Waals surface area contributed by atoms with Crippen molar-refractivity contribution >= 4 is 29.9 Å². The molecule has 2 aliphatic rings. The fraction of sp³-hybridized carbons (Fsp3) is 0.545. The summed E-state index contributed by atoms with van der Waals surface area (Å²) in [7, 11) is 0. The molecule has 1 N–H and O–H groups in total. The van der Waals surface area contributed by atoms with Crippen LogP contribution < -0.4 is 5.32 Å². The molecule has 3 heterocycles. The van der Waals surface area contributed by atoms with Gasteiger partial charge < -0.3 is 19.5 Å². The van der Waals surface area contributed by atoms with E-state index >= 15 is 0 Å². The largest absolute Gasteiger partial charge is 0.381 e. The van der Waals surface area contributed by atoms with Crippen LogP contribution in [0.4, 0.5) is 0 Å². The number of ether oxygens (including phenoxy) is 1. The number of imidazole rings is 1. The first-order valence-corrected chi connectivity index (χ1v) is 10.3.